The largest absolute Gasteiger partial charge is 0.391 e. The van der Waals surface area contributed by atoms with Gasteiger partial charge in [-0.3, -0.25) is 4.79 Å². The number of unbranched alkanes of at least 4 members (excludes halogenated alkanes) is 2. The number of carbonyl (C=O) groups excluding carboxylic acids is 1. The number of hydrogen-bond acceptors (Lipinski definition) is 5. The molecule has 0 aliphatic carbocycles. The normalized spacial score (nSPS) is 18.2. The molecule has 0 bridgehead atoms. The molecule has 2 heterocycles. The number of aromatic nitrogens is 3. The van der Waals surface area contributed by atoms with E-state index in [9.17, 15) is 9.90 Å². The minimum Gasteiger partial charge on any atom is -0.391 e. The molecule has 0 radical (unpaired) electrons. The minimum atomic E-state index is -0.799. The maximum atomic E-state index is 12.7. The quantitative estimate of drug-likeness (QED) is 0.711. The van der Waals surface area contributed by atoms with Gasteiger partial charge in [0.2, 0.25) is 5.91 Å². The van der Waals surface area contributed by atoms with Gasteiger partial charge in [-0.25, -0.2) is 4.68 Å². The number of rotatable bonds is 7. The topological polar surface area (TPSA) is 83.3 Å². The molecule has 1 saturated heterocycles. The Labute approximate surface area is 131 Å². The van der Waals surface area contributed by atoms with Gasteiger partial charge in [0.05, 0.1) is 11.8 Å². The number of aliphatic hydroxyl groups excluding tert-OH is 1. The van der Waals surface area contributed by atoms with Crippen LogP contribution in [-0.2, 0) is 11.2 Å². The molecule has 0 saturated carbocycles. The summed E-state index contributed by atoms with van der Waals surface area (Å²) in [4.78, 5) is 14.4. The smallest absolute Gasteiger partial charge is 0.250 e. The van der Waals surface area contributed by atoms with Crippen LogP contribution in [0.25, 0.3) is 0 Å². The van der Waals surface area contributed by atoms with Crippen molar-refractivity contribution in [1.29, 1.82) is 0 Å². The Kier molecular flexibility index (Phi) is 6.33. The van der Waals surface area contributed by atoms with Crippen LogP contribution >= 0.6 is 0 Å². The lowest BCUT2D eigenvalue weighted by molar-refractivity contribution is -0.138. The summed E-state index contributed by atoms with van der Waals surface area (Å²) in [5, 5.41) is 21.5. The number of aryl methyl sites for hydroxylation is 1. The Morgan fingerprint density at radius 1 is 1.41 bits per heavy atom. The lowest BCUT2D eigenvalue weighted by atomic mass is 10.1. The predicted molar refractivity (Wildman–Crippen MR) is 83.4 cm³/mol. The van der Waals surface area contributed by atoms with E-state index in [-0.39, 0.29) is 5.91 Å². The van der Waals surface area contributed by atoms with Crippen LogP contribution in [0.4, 0.5) is 0 Å². The van der Waals surface area contributed by atoms with E-state index in [2.05, 4.69) is 22.6 Å². The summed E-state index contributed by atoms with van der Waals surface area (Å²) in [7, 11) is 0. The van der Waals surface area contributed by atoms with Crippen molar-refractivity contribution >= 4 is 5.91 Å². The molecule has 2 N–H and O–H groups in total. The van der Waals surface area contributed by atoms with E-state index in [1.165, 1.54) is 4.68 Å². The molecule has 2 atom stereocenters. The second kappa shape index (κ2) is 8.24. The molecule has 1 fully saturated rings. The van der Waals surface area contributed by atoms with Crippen molar-refractivity contribution in [2.45, 2.75) is 51.7 Å². The molecule has 1 amide bonds. The van der Waals surface area contributed by atoms with Crippen molar-refractivity contribution in [2.24, 2.45) is 0 Å². The van der Waals surface area contributed by atoms with Crippen LogP contribution in [0.1, 0.15) is 44.8 Å². The van der Waals surface area contributed by atoms with Crippen molar-refractivity contribution < 1.29 is 9.90 Å². The Morgan fingerprint density at radius 2 is 2.14 bits per heavy atom. The van der Waals surface area contributed by atoms with E-state index >= 15 is 0 Å². The lowest BCUT2D eigenvalue weighted by Gasteiger charge is -2.31. The fraction of sp³-hybridized carbons (Fsp3) is 0.800. The van der Waals surface area contributed by atoms with E-state index in [0.717, 1.165) is 44.5 Å². The summed E-state index contributed by atoms with van der Waals surface area (Å²) in [6.07, 6.45) is 5.25. The number of piperazine rings is 1. The summed E-state index contributed by atoms with van der Waals surface area (Å²) >= 11 is 0. The first kappa shape index (κ1) is 16.9. The second-order valence-electron chi connectivity index (χ2n) is 5.91. The van der Waals surface area contributed by atoms with Crippen molar-refractivity contribution in [3.63, 3.8) is 0 Å². The summed E-state index contributed by atoms with van der Waals surface area (Å²) in [5.74, 6) is -0.0819. The van der Waals surface area contributed by atoms with E-state index in [1.54, 1.807) is 18.0 Å². The van der Waals surface area contributed by atoms with Gasteiger partial charge in [0.25, 0.3) is 0 Å². The molecule has 1 aromatic heterocycles. The fourth-order valence-electron chi connectivity index (χ4n) is 2.73. The molecule has 7 nitrogen and oxygen atoms in total. The van der Waals surface area contributed by atoms with Gasteiger partial charge in [-0.2, -0.15) is 0 Å². The molecular formula is C15H27N5O2. The third kappa shape index (κ3) is 4.27. The van der Waals surface area contributed by atoms with Gasteiger partial charge in [-0.1, -0.05) is 25.0 Å². The molecule has 1 aliphatic rings. The minimum absolute atomic E-state index is 0.0819. The maximum Gasteiger partial charge on any atom is 0.250 e. The molecule has 1 aromatic rings. The third-order valence-corrected chi connectivity index (χ3v) is 4.02. The first-order chi connectivity index (χ1) is 10.6. The van der Waals surface area contributed by atoms with Crippen LogP contribution in [0, 0.1) is 0 Å². The number of carbonyl (C=O) groups is 1. The van der Waals surface area contributed by atoms with E-state index in [1.807, 2.05) is 0 Å². The number of hydrogen-bond donors (Lipinski definition) is 2. The number of amides is 1. The second-order valence-corrected chi connectivity index (χ2v) is 5.91. The van der Waals surface area contributed by atoms with Crippen molar-refractivity contribution in [2.75, 3.05) is 26.2 Å². The van der Waals surface area contributed by atoms with Crippen molar-refractivity contribution in [3.8, 4) is 0 Å². The van der Waals surface area contributed by atoms with E-state index < -0.39 is 12.1 Å². The lowest BCUT2D eigenvalue weighted by Crippen LogP contribution is -2.50. The van der Waals surface area contributed by atoms with Crippen LogP contribution in [0.15, 0.2) is 6.20 Å². The van der Waals surface area contributed by atoms with Gasteiger partial charge in [-0.05, 0) is 19.8 Å². The standard InChI is InChI=1S/C15H27N5O2/c1-3-4-5-6-13-11-20(18-17-13)14(12(2)21)15(22)19-9-7-16-8-10-19/h11-12,14,16,21H,3-10H2,1-2H3/t12?,14-/m0/s1. The van der Waals surface area contributed by atoms with Gasteiger partial charge in [0.15, 0.2) is 6.04 Å². The fourth-order valence-corrected chi connectivity index (χ4v) is 2.73. The zero-order valence-corrected chi connectivity index (χ0v) is 13.5. The van der Waals surface area contributed by atoms with Crippen LogP contribution in [0.5, 0.6) is 0 Å². The van der Waals surface area contributed by atoms with E-state index in [0.29, 0.717) is 13.1 Å². The highest BCUT2D eigenvalue weighted by atomic mass is 16.3. The number of aliphatic hydroxyl groups is 1. The molecular weight excluding hydrogens is 282 g/mol. The average molecular weight is 309 g/mol. The molecule has 2 rings (SSSR count). The Balaban J connectivity index is 2.05. The van der Waals surface area contributed by atoms with Crippen molar-refractivity contribution in [3.05, 3.63) is 11.9 Å². The molecule has 1 aliphatic heterocycles. The average Bonchev–Trinajstić information content (AvgIpc) is 2.96. The zero-order valence-electron chi connectivity index (χ0n) is 13.5. The van der Waals surface area contributed by atoms with Gasteiger partial charge in [0.1, 0.15) is 0 Å². The monoisotopic (exact) mass is 309 g/mol. The van der Waals surface area contributed by atoms with Crippen LogP contribution in [-0.4, -0.2) is 63.2 Å². The maximum absolute atomic E-state index is 12.7. The Morgan fingerprint density at radius 3 is 2.77 bits per heavy atom. The summed E-state index contributed by atoms with van der Waals surface area (Å²) < 4.78 is 1.52. The molecule has 124 valence electrons. The third-order valence-electron chi connectivity index (χ3n) is 4.02. The molecule has 0 aromatic carbocycles. The van der Waals surface area contributed by atoms with Gasteiger partial charge in [0, 0.05) is 32.4 Å². The van der Waals surface area contributed by atoms with Crippen molar-refractivity contribution in [1.82, 2.24) is 25.2 Å². The molecule has 7 heteroatoms. The highest BCUT2D eigenvalue weighted by molar-refractivity contribution is 5.81. The van der Waals surface area contributed by atoms with Gasteiger partial charge in [-0.15, -0.1) is 5.10 Å². The summed E-state index contributed by atoms with van der Waals surface area (Å²) in [6, 6.07) is -0.689. The van der Waals surface area contributed by atoms with E-state index in [4.69, 9.17) is 0 Å². The number of nitrogens with one attached hydrogen (secondary N) is 1. The predicted octanol–water partition coefficient (Wildman–Crippen LogP) is 0.365. The Bertz CT molecular complexity index is 468. The highest BCUT2D eigenvalue weighted by Gasteiger charge is 2.31. The zero-order chi connectivity index (χ0) is 15.9. The molecule has 0 spiro atoms. The van der Waals surface area contributed by atoms with Crippen LogP contribution < -0.4 is 5.32 Å². The SMILES string of the molecule is CCCCCc1cn([C@H](C(=O)N2CCNCC2)C(C)O)nn1. The number of nitrogens with zero attached hydrogens (tertiary/aromatic N) is 4. The van der Waals surface area contributed by atoms with Crippen LogP contribution in [0.3, 0.4) is 0 Å². The van der Waals surface area contributed by atoms with Gasteiger partial charge >= 0.3 is 0 Å². The van der Waals surface area contributed by atoms with Crippen LogP contribution in [0.2, 0.25) is 0 Å². The summed E-state index contributed by atoms with van der Waals surface area (Å²) in [5.41, 5.74) is 0.882. The first-order valence-corrected chi connectivity index (χ1v) is 8.21. The first-order valence-electron chi connectivity index (χ1n) is 8.21. The van der Waals surface area contributed by atoms with Gasteiger partial charge < -0.3 is 15.3 Å². The summed E-state index contributed by atoms with van der Waals surface area (Å²) in [6.45, 7) is 6.70. The Hall–Kier alpha value is -1.47. The highest BCUT2D eigenvalue weighted by Crippen LogP contribution is 2.16. The molecule has 22 heavy (non-hydrogen) atoms. The molecule has 1 unspecified atom stereocenters.